The lowest BCUT2D eigenvalue weighted by molar-refractivity contribution is -0.117. The van der Waals surface area contributed by atoms with Gasteiger partial charge in [-0.2, -0.15) is 5.10 Å². The summed E-state index contributed by atoms with van der Waals surface area (Å²) in [5.41, 5.74) is 6.08. The zero-order valence-corrected chi connectivity index (χ0v) is 19.1. The number of rotatable bonds is 5. The molecule has 0 bridgehead atoms. The minimum absolute atomic E-state index is 0.0107. The lowest BCUT2D eigenvalue weighted by Gasteiger charge is -2.35. The van der Waals surface area contributed by atoms with Crippen molar-refractivity contribution in [3.63, 3.8) is 0 Å². The maximum Gasteiger partial charge on any atom is 0.238 e. The topological polar surface area (TPSA) is 50.2 Å². The largest absolute Gasteiger partial charge is 0.322 e. The van der Waals surface area contributed by atoms with Gasteiger partial charge in [0.2, 0.25) is 5.91 Å². The first kappa shape index (κ1) is 20.7. The van der Waals surface area contributed by atoms with Crippen molar-refractivity contribution in [2.45, 2.75) is 26.3 Å². The van der Waals surface area contributed by atoms with E-state index >= 15 is 0 Å². The molecule has 0 unspecified atom stereocenters. The number of hydrogen-bond acceptors (Lipinski definition) is 4. The van der Waals surface area contributed by atoms with Gasteiger partial charge >= 0.3 is 0 Å². The highest BCUT2D eigenvalue weighted by atomic mass is 32.1. The lowest BCUT2D eigenvalue weighted by Crippen LogP contribution is -2.40. The van der Waals surface area contributed by atoms with E-state index in [2.05, 4.69) is 51.0 Å². The van der Waals surface area contributed by atoms with Gasteiger partial charge in [-0.3, -0.25) is 9.69 Å². The summed E-state index contributed by atoms with van der Waals surface area (Å²) in [7, 11) is 0. The number of thiophene rings is 1. The van der Waals surface area contributed by atoms with Gasteiger partial charge in [-0.25, -0.2) is 4.68 Å². The van der Waals surface area contributed by atoms with Gasteiger partial charge in [0, 0.05) is 11.4 Å². The number of nitrogens with one attached hydrogen (secondary N) is 1. The molecule has 1 atom stereocenters. The second kappa shape index (κ2) is 8.73. The fourth-order valence-corrected chi connectivity index (χ4v) is 5.48. The van der Waals surface area contributed by atoms with Crippen LogP contribution in [-0.4, -0.2) is 33.7 Å². The van der Waals surface area contributed by atoms with E-state index in [0.29, 0.717) is 6.54 Å². The van der Waals surface area contributed by atoms with Crippen LogP contribution in [-0.2, 0) is 11.2 Å². The van der Waals surface area contributed by atoms with Gasteiger partial charge in [0.25, 0.3) is 0 Å². The van der Waals surface area contributed by atoms with Gasteiger partial charge in [0.1, 0.15) is 0 Å². The summed E-state index contributed by atoms with van der Waals surface area (Å²) in [6.07, 6.45) is 0.980. The molecular formula is C26H26N4OS. The van der Waals surface area contributed by atoms with Crippen molar-refractivity contribution in [1.29, 1.82) is 0 Å². The van der Waals surface area contributed by atoms with E-state index in [1.165, 1.54) is 16.0 Å². The number of fused-ring (bicyclic) bond motifs is 1. The summed E-state index contributed by atoms with van der Waals surface area (Å²) in [5.74, 6) is -0.0107. The highest BCUT2D eigenvalue weighted by Gasteiger charge is 2.31. The van der Waals surface area contributed by atoms with Gasteiger partial charge in [-0.05, 0) is 55.0 Å². The summed E-state index contributed by atoms with van der Waals surface area (Å²) >= 11 is 1.81. The summed E-state index contributed by atoms with van der Waals surface area (Å²) < 4.78 is 1.89. The number of nitrogens with zero attached hydrogens (tertiary/aromatic N) is 3. The Balaban J connectivity index is 1.38. The number of para-hydroxylation sites is 1. The Bertz CT molecular complexity index is 1230. The number of hydrogen-bond donors (Lipinski definition) is 1. The van der Waals surface area contributed by atoms with Crippen molar-refractivity contribution in [1.82, 2.24) is 14.7 Å². The van der Waals surface area contributed by atoms with E-state index < -0.39 is 0 Å². The first-order valence-electron chi connectivity index (χ1n) is 10.9. The molecule has 1 aliphatic heterocycles. The first-order valence-corrected chi connectivity index (χ1v) is 11.8. The standard InChI is InChI=1S/C26H26N4OS/c1-18-25(19(2)30(28-18)21-11-7-4-8-12-21)27-24(31)17-29-15-13-23-22(14-16-32-23)26(29)20-9-5-3-6-10-20/h3-12,14,16,26H,13,15,17H2,1-2H3,(H,27,31)/t26-/m1/s1. The van der Waals surface area contributed by atoms with Gasteiger partial charge in [-0.15, -0.1) is 11.3 Å². The van der Waals surface area contributed by atoms with Gasteiger partial charge < -0.3 is 5.32 Å². The molecule has 5 rings (SSSR count). The summed E-state index contributed by atoms with van der Waals surface area (Å²) in [6, 6.07) is 22.8. The molecule has 6 heteroatoms. The van der Waals surface area contributed by atoms with Crippen molar-refractivity contribution in [3.05, 3.63) is 99.5 Å². The van der Waals surface area contributed by atoms with E-state index in [-0.39, 0.29) is 11.9 Å². The monoisotopic (exact) mass is 442 g/mol. The van der Waals surface area contributed by atoms with Crippen molar-refractivity contribution >= 4 is 22.9 Å². The van der Waals surface area contributed by atoms with Crippen LogP contribution in [0.3, 0.4) is 0 Å². The fourth-order valence-electron chi connectivity index (χ4n) is 4.57. The number of carbonyl (C=O) groups is 1. The number of aromatic nitrogens is 2. The highest BCUT2D eigenvalue weighted by molar-refractivity contribution is 7.10. The van der Waals surface area contributed by atoms with Crippen LogP contribution in [0.25, 0.3) is 5.69 Å². The highest BCUT2D eigenvalue weighted by Crippen LogP contribution is 2.37. The van der Waals surface area contributed by atoms with E-state index in [9.17, 15) is 4.79 Å². The van der Waals surface area contributed by atoms with Crippen molar-refractivity contribution in [3.8, 4) is 5.69 Å². The van der Waals surface area contributed by atoms with Crippen LogP contribution in [0.5, 0.6) is 0 Å². The van der Waals surface area contributed by atoms with Crippen molar-refractivity contribution in [2.75, 3.05) is 18.4 Å². The van der Waals surface area contributed by atoms with Crippen LogP contribution in [0.4, 0.5) is 5.69 Å². The van der Waals surface area contributed by atoms with Crippen molar-refractivity contribution in [2.24, 2.45) is 0 Å². The lowest BCUT2D eigenvalue weighted by atomic mass is 9.93. The third-order valence-electron chi connectivity index (χ3n) is 6.08. The van der Waals surface area contributed by atoms with Crippen molar-refractivity contribution < 1.29 is 4.79 Å². The summed E-state index contributed by atoms with van der Waals surface area (Å²) in [5, 5.41) is 9.96. The predicted octanol–water partition coefficient (Wildman–Crippen LogP) is 5.14. The number of carbonyl (C=O) groups excluding carboxylic acids is 1. The van der Waals surface area contributed by atoms with Crippen LogP contribution in [0.2, 0.25) is 0 Å². The van der Waals surface area contributed by atoms with Gasteiger partial charge in [0.05, 0.1) is 35.3 Å². The second-order valence-electron chi connectivity index (χ2n) is 8.17. The molecule has 0 saturated heterocycles. The number of aryl methyl sites for hydroxylation is 1. The molecule has 0 saturated carbocycles. The van der Waals surface area contributed by atoms with E-state index in [1.807, 2.05) is 66.3 Å². The van der Waals surface area contributed by atoms with Crippen LogP contribution < -0.4 is 5.32 Å². The molecule has 1 N–H and O–H groups in total. The Kier molecular flexibility index (Phi) is 5.64. The Morgan fingerprint density at radius 3 is 2.53 bits per heavy atom. The Morgan fingerprint density at radius 1 is 1.06 bits per heavy atom. The molecule has 2 aromatic carbocycles. The second-order valence-corrected chi connectivity index (χ2v) is 9.17. The molecule has 0 aliphatic carbocycles. The van der Waals surface area contributed by atoms with Gasteiger partial charge in [-0.1, -0.05) is 48.5 Å². The SMILES string of the molecule is Cc1nn(-c2ccccc2)c(C)c1NC(=O)CN1CCc2sccc2[C@H]1c1ccccc1. The number of amides is 1. The third kappa shape index (κ3) is 3.87. The average Bonchev–Trinajstić information content (AvgIpc) is 3.40. The zero-order valence-electron chi connectivity index (χ0n) is 18.3. The molecule has 32 heavy (non-hydrogen) atoms. The van der Waals surface area contributed by atoms with Gasteiger partial charge in [0.15, 0.2) is 0 Å². The maximum atomic E-state index is 13.2. The van der Waals surface area contributed by atoms with E-state index in [0.717, 1.165) is 35.7 Å². The molecule has 4 aromatic rings. The molecule has 2 aromatic heterocycles. The van der Waals surface area contributed by atoms with Crippen LogP contribution in [0.15, 0.2) is 72.1 Å². The molecule has 0 radical (unpaired) electrons. The van der Waals surface area contributed by atoms with Crippen LogP contribution in [0.1, 0.15) is 33.4 Å². The molecule has 3 heterocycles. The molecule has 0 fully saturated rings. The van der Waals surface area contributed by atoms with E-state index in [1.54, 1.807) is 0 Å². The minimum Gasteiger partial charge on any atom is -0.322 e. The average molecular weight is 443 g/mol. The molecule has 5 nitrogen and oxygen atoms in total. The Hall–Kier alpha value is -3.22. The minimum atomic E-state index is -0.0107. The number of benzene rings is 2. The summed E-state index contributed by atoms with van der Waals surface area (Å²) in [4.78, 5) is 16.9. The quantitative estimate of drug-likeness (QED) is 0.466. The predicted molar refractivity (Wildman–Crippen MR) is 130 cm³/mol. The van der Waals surface area contributed by atoms with Crippen LogP contribution in [0, 0.1) is 13.8 Å². The first-order chi connectivity index (χ1) is 15.6. The smallest absolute Gasteiger partial charge is 0.238 e. The molecule has 1 aliphatic rings. The van der Waals surface area contributed by atoms with Crippen LogP contribution >= 0.6 is 11.3 Å². The van der Waals surface area contributed by atoms with E-state index in [4.69, 9.17) is 0 Å². The third-order valence-corrected chi connectivity index (χ3v) is 7.08. The summed E-state index contributed by atoms with van der Waals surface area (Å²) in [6.45, 7) is 5.13. The maximum absolute atomic E-state index is 13.2. The molecule has 0 spiro atoms. The molecule has 1 amide bonds. The Morgan fingerprint density at radius 2 is 1.78 bits per heavy atom. The molecular weight excluding hydrogens is 416 g/mol. The Labute approximate surface area is 192 Å². The number of anilines is 1. The zero-order chi connectivity index (χ0) is 22.1. The molecule has 162 valence electrons. The fraction of sp³-hybridized carbons (Fsp3) is 0.231. The normalized spacial score (nSPS) is 16.0.